The average molecular weight is 421 g/mol. The van der Waals surface area contributed by atoms with E-state index in [0.29, 0.717) is 17.5 Å². The molecule has 1 aromatic carbocycles. The van der Waals surface area contributed by atoms with Crippen molar-refractivity contribution in [2.45, 2.75) is 38.0 Å². The van der Waals surface area contributed by atoms with Crippen molar-refractivity contribution in [2.24, 2.45) is 5.92 Å². The van der Waals surface area contributed by atoms with E-state index in [4.69, 9.17) is 0 Å². The Labute approximate surface area is 180 Å². The van der Waals surface area contributed by atoms with E-state index >= 15 is 0 Å². The first-order valence-electron chi connectivity index (χ1n) is 9.65. The number of amides is 1. The fraction of sp³-hybridized carbons (Fsp3) is 0.318. The normalized spacial score (nSPS) is 12.9. The van der Waals surface area contributed by atoms with Crippen LogP contribution in [0, 0.1) is 17.2 Å². The van der Waals surface area contributed by atoms with E-state index in [9.17, 15) is 10.1 Å². The van der Waals surface area contributed by atoms with Gasteiger partial charge in [0.25, 0.3) is 0 Å². The molecule has 0 radical (unpaired) electrons. The Bertz CT molecular complexity index is 1030. The molecule has 0 saturated carbocycles. The van der Waals surface area contributed by atoms with Crippen LogP contribution >= 0.6 is 11.8 Å². The van der Waals surface area contributed by atoms with Crippen LogP contribution in [0.25, 0.3) is 11.4 Å². The number of nitrogens with zero attached hydrogens (tertiary/aromatic N) is 5. The molecule has 1 N–H and O–H groups in total. The third-order valence-corrected chi connectivity index (χ3v) is 5.92. The van der Waals surface area contributed by atoms with E-state index < -0.39 is 5.54 Å². The maximum atomic E-state index is 12.5. The second kappa shape index (κ2) is 9.55. The Morgan fingerprint density at radius 2 is 1.90 bits per heavy atom. The van der Waals surface area contributed by atoms with Gasteiger partial charge in [-0.1, -0.05) is 55.9 Å². The van der Waals surface area contributed by atoms with Gasteiger partial charge in [-0.25, -0.2) is 0 Å². The Morgan fingerprint density at radius 1 is 1.20 bits per heavy atom. The highest BCUT2D eigenvalue weighted by Crippen LogP contribution is 2.25. The van der Waals surface area contributed by atoms with Crippen LogP contribution in [0.3, 0.4) is 0 Å². The molecule has 2 aromatic heterocycles. The summed E-state index contributed by atoms with van der Waals surface area (Å²) < 4.78 is 1.99. The Hall–Kier alpha value is -3.18. The van der Waals surface area contributed by atoms with Gasteiger partial charge in [0.15, 0.2) is 11.0 Å². The lowest BCUT2D eigenvalue weighted by atomic mass is 9.90. The highest BCUT2D eigenvalue weighted by Gasteiger charge is 2.30. The first kappa shape index (κ1) is 21.5. The molecule has 3 rings (SSSR count). The van der Waals surface area contributed by atoms with Gasteiger partial charge in [-0.3, -0.25) is 14.3 Å². The molecule has 7 nitrogen and oxygen atoms in total. The van der Waals surface area contributed by atoms with Gasteiger partial charge in [0, 0.05) is 18.0 Å². The molecule has 0 spiro atoms. The summed E-state index contributed by atoms with van der Waals surface area (Å²) in [7, 11) is 0. The van der Waals surface area contributed by atoms with Gasteiger partial charge in [0.2, 0.25) is 5.91 Å². The molecule has 1 atom stereocenters. The van der Waals surface area contributed by atoms with Crippen molar-refractivity contribution in [1.82, 2.24) is 25.1 Å². The summed E-state index contributed by atoms with van der Waals surface area (Å²) in [4.78, 5) is 16.6. The van der Waals surface area contributed by atoms with Gasteiger partial charge in [0.1, 0.15) is 5.54 Å². The highest BCUT2D eigenvalue weighted by molar-refractivity contribution is 7.99. The van der Waals surface area contributed by atoms with Crippen molar-refractivity contribution in [3.05, 3.63) is 60.4 Å². The van der Waals surface area contributed by atoms with Crippen LogP contribution in [0.2, 0.25) is 0 Å². The van der Waals surface area contributed by atoms with E-state index in [0.717, 1.165) is 11.1 Å². The third-order valence-electron chi connectivity index (χ3n) is 4.96. The number of nitrogens with one attached hydrogen (secondary N) is 1. The third kappa shape index (κ3) is 5.05. The van der Waals surface area contributed by atoms with E-state index in [1.165, 1.54) is 11.8 Å². The van der Waals surface area contributed by atoms with E-state index in [1.807, 2.05) is 60.9 Å². The molecule has 0 unspecified atom stereocenters. The van der Waals surface area contributed by atoms with Gasteiger partial charge in [-0.05, 0) is 30.5 Å². The predicted molar refractivity (Wildman–Crippen MR) is 117 cm³/mol. The predicted octanol–water partition coefficient (Wildman–Crippen LogP) is 3.53. The number of thioether (sulfide) groups is 1. The molecule has 3 aromatic rings. The van der Waals surface area contributed by atoms with E-state index in [-0.39, 0.29) is 17.6 Å². The lowest BCUT2D eigenvalue weighted by molar-refractivity contribution is -0.120. The van der Waals surface area contributed by atoms with Crippen LogP contribution in [-0.2, 0) is 11.3 Å². The van der Waals surface area contributed by atoms with Crippen molar-refractivity contribution in [3.8, 4) is 17.5 Å². The van der Waals surface area contributed by atoms with E-state index in [2.05, 4.69) is 26.6 Å². The molecule has 154 valence electrons. The molecular formula is C22H24N6OS. The molecule has 0 saturated heterocycles. The smallest absolute Gasteiger partial charge is 0.231 e. The number of carbonyl (C=O) groups is 1. The zero-order valence-corrected chi connectivity index (χ0v) is 18.1. The van der Waals surface area contributed by atoms with Crippen molar-refractivity contribution >= 4 is 17.7 Å². The van der Waals surface area contributed by atoms with Crippen molar-refractivity contribution in [3.63, 3.8) is 0 Å². The SMILES string of the molecule is CC(C)[C@](C)(C#N)NC(=O)CSc1nnc(-c2ccncc2)n1Cc1ccccc1. The molecule has 0 aliphatic rings. The van der Waals surface area contributed by atoms with Crippen molar-refractivity contribution < 1.29 is 4.79 Å². The monoisotopic (exact) mass is 420 g/mol. The minimum atomic E-state index is -0.905. The zero-order chi connectivity index (χ0) is 21.6. The molecule has 0 fully saturated rings. The summed E-state index contributed by atoms with van der Waals surface area (Å²) in [5.74, 6) is 0.648. The van der Waals surface area contributed by atoms with Gasteiger partial charge < -0.3 is 5.32 Å². The fourth-order valence-electron chi connectivity index (χ4n) is 2.78. The number of rotatable bonds is 8. The second-order valence-corrected chi connectivity index (χ2v) is 8.36. The summed E-state index contributed by atoms with van der Waals surface area (Å²) in [6.45, 7) is 6.14. The standard InChI is InChI=1S/C22H24N6OS/c1-16(2)22(3,15-23)25-19(29)14-30-21-27-26-20(18-9-11-24-12-10-18)28(21)13-17-7-5-4-6-8-17/h4-12,16H,13-14H2,1-3H3,(H,25,29)/t22-/m0/s1. The van der Waals surface area contributed by atoms with Crippen molar-refractivity contribution in [2.75, 3.05) is 5.75 Å². The number of hydrogen-bond acceptors (Lipinski definition) is 6. The topological polar surface area (TPSA) is 96.5 Å². The largest absolute Gasteiger partial charge is 0.337 e. The van der Waals surface area contributed by atoms with Crippen molar-refractivity contribution in [1.29, 1.82) is 5.26 Å². The minimum absolute atomic E-state index is 0.00326. The minimum Gasteiger partial charge on any atom is -0.337 e. The molecule has 0 bridgehead atoms. The summed E-state index contributed by atoms with van der Waals surface area (Å²) >= 11 is 1.31. The molecule has 30 heavy (non-hydrogen) atoms. The van der Waals surface area contributed by atoms with Gasteiger partial charge in [-0.15, -0.1) is 10.2 Å². The quantitative estimate of drug-likeness (QED) is 0.560. The molecule has 0 aliphatic heterocycles. The number of hydrogen-bond donors (Lipinski definition) is 1. The number of nitriles is 1. The Morgan fingerprint density at radius 3 is 2.53 bits per heavy atom. The van der Waals surface area contributed by atoms with E-state index in [1.54, 1.807) is 19.3 Å². The zero-order valence-electron chi connectivity index (χ0n) is 17.2. The number of benzene rings is 1. The average Bonchev–Trinajstić information content (AvgIpc) is 3.15. The molecule has 8 heteroatoms. The second-order valence-electron chi connectivity index (χ2n) is 7.42. The Kier molecular flexibility index (Phi) is 6.85. The molecule has 2 heterocycles. The summed E-state index contributed by atoms with van der Waals surface area (Å²) in [6.07, 6.45) is 3.43. The fourth-order valence-corrected chi connectivity index (χ4v) is 3.51. The van der Waals surface area contributed by atoms with Crippen LogP contribution < -0.4 is 5.32 Å². The summed E-state index contributed by atoms with van der Waals surface area (Å²) in [5.41, 5.74) is 1.11. The summed E-state index contributed by atoms with van der Waals surface area (Å²) in [6, 6.07) is 16.0. The maximum Gasteiger partial charge on any atom is 0.231 e. The Balaban J connectivity index is 1.82. The number of aromatic nitrogens is 4. The van der Waals surface area contributed by atoms with Gasteiger partial charge in [-0.2, -0.15) is 5.26 Å². The van der Waals surface area contributed by atoms with Crippen LogP contribution in [0.4, 0.5) is 0 Å². The molecule has 0 aliphatic carbocycles. The molecular weight excluding hydrogens is 396 g/mol. The lowest BCUT2D eigenvalue weighted by Gasteiger charge is -2.27. The highest BCUT2D eigenvalue weighted by atomic mass is 32.2. The first-order chi connectivity index (χ1) is 14.4. The van der Waals surface area contributed by atoms with Gasteiger partial charge >= 0.3 is 0 Å². The lowest BCUT2D eigenvalue weighted by Crippen LogP contribution is -2.49. The molecule has 1 amide bonds. The van der Waals surface area contributed by atoms with Crippen LogP contribution in [0.5, 0.6) is 0 Å². The number of carbonyl (C=O) groups excluding carboxylic acids is 1. The summed E-state index contributed by atoms with van der Waals surface area (Å²) in [5, 5.41) is 21.6. The van der Waals surface area contributed by atoms with Gasteiger partial charge in [0.05, 0.1) is 18.4 Å². The van der Waals surface area contributed by atoms with Crippen LogP contribution in [0.1, 0.15) is 26.3 Å². The maximum absolute atomic E-state index is 12.5. The number of pyridine rings is 1. The first-order valence-corrected chi connectivity index (χ1v) is 10.6. The van der Waals surface area contributed by atoms with Crippen LogP contribution in [0.15, 0.2) is 60.0 Å². The van der Waals surface area contributed by atoms with Crippen LogP contribution in [-0.4, -0.2) is 36.9 Å².